The van der Waals surface area contributed by atoms with Crippen molar-refractivity contribution in [3.63, 3.8) is 0 Å². The number of aromatic nitrogens is 1. The highest BCUT2D eigenvalue weighted by Gasteiger charge is 2.16. The normalized spacial score (nSPS) is 10.9. The Bertz CT molecular complexity index is 1260. The lowest BCUT2D eigenvalue weighted by Gasteiger charge is -2.12. The first-order valence-corrected chi connectivity index (χ1v) is 10.0. The van der Waals surface area contributed by atoms with Crippen LogP contribution in [0, 0.1) is 0 Å². The standard InChI is InChI=1S/C22H12Cl4N2O/c23-13-6-8-20(18(26)10-13)28-22(29)15-11-21(12-5-7-16(24)17(25)9-12)27-19-4-2-1-3-14(15)19/h1-11H,(H,28,29). The summed E-state index contributed by atoms with van der Waals surface area (Å²) in [4.78, 5) is 17.8. The molecule has 0 saturated carbocycles. The van der Waals surface area contributed by atoms with Gasteiger partial charge < -0.3 is 5.32 Å². The van der Waals surface area contributed by atoms with Gasteiger partial charge in [-0.3, -0.25) is 4.79 Å². The molecule has 0 aliphatic carbocycles. The Balaban J connectivity index is 1.82. The predicted octanol–water partition coefficient (Wildman–Crippen LogP) is 7.77. The fourth-order valence-electron chi connectivity index (χ4n) is 2.95. The number of amides is 1. The molecule has 1 heterocycles. The fourth-order valence-corrected chi connectivity index (χ4v) is 3.70. The molecule has 4 rings (SSSR count). The molecular weight excluding hydrogens is 450 g/mol. The molecular formula is C22H12Cl4N2O. The van der Waals surface area contributed by atoms with Gasteiger partial charge in [0.15, 0.2) is 0 Å². The Hall–Kier alpha value is -2.30. The average molecular weight is 462 g/mol. The first-order chi connectivity index (χ1) is 13.9. The number of benzene rings is 3. The minimum Gasteiger partial charge on any atom is -0.321 e. The zero-order valence-electron chi connectivity index (χ0n) is 14.7. The molecule has 0 bridgehead atoms. The van der Waals surface area contributed by atoms with E-state index in [-0.39, 0.29) is 5.91 Å². The number of para-hydroxylation sites is 1. The largest absolute Gasteiger partial charge is 0.321 e. The van der Waals surface area contributed by atoms with Crippen LogP contribution in [0.5, 0.6) is 0 Å². The SMILES string of the molecule is O=C(Nc1ccc(Cl)cc1Cl)c1cc(-c2ccc(Cl)c(Cl)c2)nc2ccccc12. The van der Waals surface area contributed by atoms with Crippen molar-refractivity contribution in [1.29, 1.82) is 0 Å². The molecule has 0 saturated heterocycles. The van der Waals surface area contributed by atoms with Gasteiger partial charge in [0.05, 0.1) is 37.5 Å². The Labute approximate surface area is 187 Å². The van der Waals surface area contributed by atoms with Gasteiger partial charge in [-0.05, 0) is 42.5 Å². The van der Waals surface area contributed by atoms with E-state index in [2.05, 4.69) is 10.3 Å². The predicted molar refractivity (Wildman–Crippen MR) is 122 cm³/mol. The van der Waals surface area contributed by atoms with Crippen LogP contribution in [0.2, 0.25) is 20.1 Å². The fraction of sp³-hybridized carbons (Fsp3) is 0. The van der Waals surface area contributed by atoms with Crippen LogP contribution >= 0.6 is 46.4 Å². The molecule has 1 aromatic heterocycles. The number of carbonyl (C=O) groups is 1. The van der Waals surface area contributed by atoms with E-state index in [0.29, 0.717) is 42.6 Å². The molecule has 7 heteroatoms. The first kappa shape index (κ1) is 20.0. The van der Waals surface area contributed by atoms with Crippen molar-refractivity contribution in [2.75, 3.05) is 5.32 Å². The van der Waals surface area contributed by atoms with Gasteiger partial charge in [0.2, 0.25) is 0 Å². The van der Waals surface area contributed by atoms with Gasteiger partial charge in [0, 0.05) is 16.0 Å². The molecule has 0 radical (unpaired) electrons. The smallest absolute Gasteiger partial charge is 0.256 e. The van der Waals surface area contributed by atoms with E-state index in [9.17, 15) is 4.79 Å². The number of nitrogens with one attached hydrogen (secondary N) is 1. The minimum atomic E-state index is -0.311. The summed E-state index contributed by atoms with van der Waals surface area (Å²) in [6.45, 7) is 0. The third kappa shape index (κ3) is 4.19. The summed E-state index contributed by atoms with van der Waals surface area (Å²) in [5, 5.41) is 5.27. The molecule has 3 aromatic carbocycles. The third-order valence-corrected chi connectivity index (χ3v) is 5.64. The summed E-state index contributed by atoms with van der Waals surface area (Å²) in [7, 11) is 0. The van der Waals surface area contributed by atoms with Crippen molar-refractivity contribution in [3.05, 3.63) is 92.4 Å². The van der Waals surface area contributed by atoms with Crippen LogP contribution in [0.25, 0.3) is 22.2 Å². The molecule has 0 aliphatic heterocycles. The van der Waals surface area contributed by atoms with Crippen LogP contribution in [0.4, 0.5) is 5.69 Å². The van der Waals surface area contributed by atoms with Crippen molar-refractivity contribution < 1.29 is 4.79 Å². The number of halogens is 4. The van der Waals surface area contributed by atoms with Crippen LogP contribution in [-0.4, -0.2) is 10.9 Å². The molecule has 3 nitrogen and oxygen atoms in total. The van der Waals surface area contributed by atoms with Crippen LogP contribution < -0.4 is 5.32 Å². The van der Waals surface area contributed by atoms with Gasteiger partial charge in [-0.15, -0.1) is 0 Å². The van der Waals surface area contributed by atoms with Crippen LogP contribution in [0.15, 0.2) is 66.7 Å². The quantitative estimate of drug-likeness (QED) is 0.338. The van der Waals surface area contributed by atoms with Gasteiger partial charge in [0.1, 0.15) is 0 Å². The molecule has 0 unspecified atom stereocenters. The van der Waals surface area contributed by atoms with Crippen molar-refractivity contribution in [2.45, 2.75) is 0 Å². The first-order valence-electron chi connectivity index (χ1n) is 8.54. The number of carbonyl (C=O) groups excluding carboxylic acids is 1. The molecule has 0 aliphatic rings. The average Bonchev–Trinajstić information content (AvgIpc) is 2.71. The van der Waals surface area contributed by atoms with E-state index in [1.807, 2.05) is 30.3 Å². The second-order valence-electron chi connectivity index (χ2n) is 6.28. The molecule has 144 valence electrons. The lowest BCUT2D eigenvalue weighted by atomic mass is 10.0. The Kier molecular flexibility index (Phi) is 5.66. The van der Waals surface area contributed by atoms with Crippen molar-refractivity contribution >= 4 is 68.9 Å². The van der Waals surface area contributed by atoms with Crippen LogP contribution in [-0.2, 0) is 0 Å². The number of fused-ring (bicyclic) bond motifs is 1. The lowest BCUT2D eigenvalue weighted by Crippen LogP contribution is -2.13. The molecule has 0 spiro atoms. The third-order valence-electron chi connectivity index (χ3n) is 4.36. The van der Waals surface area contributed by atoms with Crippen LogP contribution in [0.3, 0.4) is 0 Å². The Morgan fingerprint density at radius 3 is 2.34 bits per heavy atom. The lowest BCUT2D eigenvalue weighted by molar-refractivity contribution is 0.102. The second-order valence-corrected chi connectivity index (χ2v) is 7.94. The van der Waals surface area contributed by atoms with E-state index in [1.165, 1.54) is 0 Å². The number of hydrogen-bond acceptors (Lipinski definition) is 2. The zero-order valence-corrected chi connectivity index (χ0v) is 17.7. The van der Waals surface area contributed by atoms with Gasteiger partial charge in [-0.25, -0.2) is 4.98 Å². The highest BCUT2D eigenvalue weighted by molar-refractivity contribution is 6.42. The van der Waals surface area contributed by atoms with Crippen LogP contribution in [0.1, 0.15) is 10.4 Å². The highest BCUT2D eigenvalue weighted by Crippen LogP contribution is 2.31. The van der Waals surface area contributed by atoms with E-state index in [1.54, 1.807) is 36.4 Å². The Morgan fingerprint density at radius 1 is 0.793 bits per heavy atom. The Morgan fingerprint density at radius 2 is 1.59 bits per heavy atom. The number of nitrogens with zero attached hydrogens (tertiary/aromatic N) is 1. The number of rotatable bonds is 3. The maximum Gasteiger partial charge on any atom is 0.256 e. The molecule has 29 heavy (non-hydrogen) atoms. The second kappa shape index (κ2) is 8.21. The van der Waals surface area contributed by atoms with Crippen molar-refractivity contribution in [1.82, 2.24) is 4.98 Å². The van der Waals surface area contributed by atoms with Crippen molar-refractivity contribution in [3.8, 4) is 11.3 Å². The number of anilines is 1. The molecule has 0 atom stereocenters. The van der Waals surface area contributed by atoms with Crippen molar-refractivity contribution in [2.24, 2.45) is 0 Å². The summed E-state index contributed by atoms with van der Waals surface area (Å²) >= 11 is 24.3. The molecule has 0 fully saturated rings. The van der Waals surface area contributed by atoms with E-state index in [0.717, 1.165) is 10.9 Å². The van der Waals surface area contributed by atoms with E-state index >= 15 is 0 Å². The maximum atomic E-state index is 13.1. The summed E-state index contributed by atoms with van der Waals surface area (Å²) in [6, 6.07) is 19.3. The van der Waals surface area contributed by atoms with Gasteiger partial charge in [-0.2, -0.15) is 0 Å². The maximum absolute atomic E-state index is 13.1. The minimum absolute atomic E-state index is 0.311. The zero-order chi connectivity index (χ0) is 20.5. The van der Waals surface area contributed by atoms with Gasteiger partial charge in [-0.1, -0.05) is 70.7 Å². The van der Waals surface area contributed by atoms with E-state index < -0.39 is 0 Å². The summed E-state index contributed by atoms with van der Waals surface area (Å²) in [5.74, 6) is -0.311. The van der Waals surface area contributed by atoms with Gasteiger partial charge in [0.25, 0.3) is 5.91 Å². The van der Waals surface area contributed by atoms with E-state index in [4.69, 9.17) is 46.4 Å². The molecule has 1 N–H and O–H groups in total. The number of hydrogen-bond donors (Lipinski definition) is 1. The number of pyridine rings is 1. The van der Waals surface area contributed by atoms with Gasteiger partial charge >= 0.3 is 0 Å². The summed E-state index contributed by atoms with van der Waals surface area (Å²) < 4.78 is 0. The molecule has 4 aromatic rings. The summed E-state index contributed by atoms with van der Waals surface area (Å²) in [6.07, 6.45) is 0. The highest BCUT2D eigenvalue weighted by atomic mass is 35.5. The molecule has 1 amide bonds. The topological polar surface area (TPSA) is 42.0 Å². The summed E-state index contributed by atoms with van der Waals surface area (Å²) in [5.41, 5.74) is 2.97. The monoisotopic (exact) mass is 460 g/mol.